The van der Waals surface area contributed by atoms with Crippen molar-refractivity contribution in [2.45, 2.75) is 44.0 Å². The van der Waals surface area contributed by atoms with E-state index in [0.29, 0.717) is 24.1 Å². The number of carbonyl (C=O) groups excluding carboxylic acids is 2. The second kappa shape index (κ2) is 6.34. The number of carbonyl (C=O) groups is 2. The zero-order valence-corrected chi connectivity index (χ0v) is 16.2. The number of alkyl halides is 1. The molecule has 1 N–H and O–H groups in total. The number of aliphatic imine (C=N–C) groups is 1. The van der Waals surface area contributed by atoms with Crippen LogP contribution in [0.1, 0.15) is 43.1 Å². The first-order chi connectivity index (χ1) is 12.2. The quantitative estimate of drug-likeness (QED) is 0.372. The van der Waals surface area contributed by atoms with E-state index in [4.69, 9.17) is 11.6 Å². The Labute approximate surface area is 159 Å². The molecule has 0 aliphatic heterocycles. The number of ketones is 1. The number of nitrogens with one attached hydrogen (secondary N) is 1. The summed E-state index contributed by atoms with van der Waals surface area (Å²) in [6.45, 7) is 14.0. The fourth-order valence-corrected chi connectivity index (χ4v) is 5.36. The highest BCUT2D eigenvalue weighted by Crippen LogP contribution is 2.57. The normalized spacial score (nSPS) is 35.0. The Balaban J connectivity index is 2.25. The van der Waals surface area contributed by atoms with Crippen molar-refractivity contribution in [3.8, 4) is 0 Å². The molecule has 3 rings (SSSR count). The van der Waals surface area contributed by atoms with Gasteiger partial charge < -0.3 is 5.32 Å². The Hall–Kier alpha value is -1.94. The lowest BCUT2D eigenvalue weighted by atomic mass is 9.50. The standard InChI is InChI=1S/C21H25ClN2O2/c1-6-21(4)15(22)10-13-17(19(21)23-5)18(26)16-12(20(13,2)3)8-7-9-14(16)24-11-25/h6-9,11,13,15,17,19H,1,5,10H2,2-4H3,(H,24,25)/t13-,15-,17-,19-,21+/m1/s1. The SMILES string of the molecule is C=C[C@@]1(C)[C@H](Cl)C[C@@H]2[C@H](C(=O)c3c(NC=O)cccc3C2(C)C)[C@H]1N=C. The lowest BCUT2D eigenvalue weighted by Crippen LogP contribution is -2.59. The Morgan fingerprint density at radius 1 is 1.35 bits per heavy atom. The molecule has 0 aromatic heterocycles. The number of amides is 1. The van der Waals surface area contributed by atoms with Gasteiger partial charge in [0.1, 0.15) is 0 Å². The van der Waals surface area contributed by atoms with Crippen LogP contribution in [0.2, 0.25) is 0 Å². The lowest BCUT2D eigenvalue weighted by Gasteiger charge is -2.55. The fraction of sp³-hybridized carbons (Fsp3) is 0.476. The minimum atomic E-state index is -0.513. The topological polar surface area (TPSA) is 58.5 Å². The van der Waals surface area contributed by atoms with E-state index in [-0.39, 0.29) is 34.5 Å². The average molecular weight is 373 g/mol. The van der Waals surface area contributed by atoms with E-state index in [1.807, 2.05) is 25.1 Å². The molecule has 0 unspecified atom stereocenters. The van der Waals surface area contributed by atoms with E-state index < -0.39 is 5.41 Å². The number of benzene rings is 1. The van der Waals surface area contributed by atoms with Gasteiger partial charge in [-0.3, -0.25) is 14.6 Å². The summed E-state index contributed by atoms with van der Waals surface area (Å²) < 4.78 is 0. The van der Waals surface area contributed by atoms with Crippen molar-refractivity contribution in [3.63, 3.8) is 0 Å². The van der Waals surface area contributed by atoms with Crippen molar-refractivity contribution in [2.75, 3.05) is 5.32 Å². The molecule has 1 aromatic carbocycles. The predicted octanol–water partition coefficient (Wildman–Crippen LogP) is 4.23. The van der Waals surface area contributed by atoms with E-state index >= 15 is 0 Å². The molecule has 0 spiro atoms. The minimum absolute atomic E-state index is 0.00307. The van der Waals surface area contributed by atoms with E-state index in [0.717, 1.165) is 5.56 Å². The Morgan fingerprint density at radius 3 is 2.62 bits per heavy atom. The largest absolute Gasteiger partial charge is 0.328 e. The zero-order chi connectivity index (χ0) is 19.3. The van der Waals surface area contributed by atoms with Gasteiger partial charge in [-0.25, -0.2) is 0 Å². The second-order valence-corrected chi connectivity index (χ2v) is 8.64. The number of halogens is 1. The van der Waals surface area contributed by atoms with Gasteiger partial charge in [0.25, 0.3) is 0 Å². The fourth-order valence-electron chi connectivity index (χ4n) is 4.95. The average Bonchev–Trinajstić information content (AvgIpc) is 2.61. The number of hydrogen-bond acceptors (Lipinski definition) is 3. The van der Waals surface area contributed by atoms with Crippen LogP contribution in [0.25, 0.3) is 0 Å². The number of hydrogen-bond donors (Lipinski definition) is 1. The molecule has 0 heterocycles. The molecule has 0 saturated heterocycles. The first-order valence-electron chi connectivity index (χ1n) is 8.85. The smallest absolute Gasteiger partial charge is 0.211 e. The molecule has 1 fully saturated rings. The van der Waals surface area contributed by atoms with Crippen molar-refractivity contribution >= 4 is 36.2 Å². The number of nitrogens with zero attached hydrogens (tertiary/aromatic N) is 1. The number of fused-ring (bicyclic) bond motifs is 2. The molecule has 0 bridgehead atoms. The number of Topliss-reactive ketones (excluding diaryl/α,β-unsaturated/α-hetero) is 1. The molecule has 5 heteroatoms. The summed E-state index contributed by atoms with van der Waals surface area (Å²) in [6, 6.07) is 5.25. The third kappa shape index (κ3) is 2.38. The van der Waals surface area contributed by atoms with E-state index in [9.17, 15) is 9.59 Å². The Kier molecular flexibility index (Phi) is 4.60. The second-order valence-electron chi connectivity index (χ2n) is 8.11. The van der Waals surface area contributed by atoms with E-state index in [1.165, 1.54) is 0 Å². The summed E-state index contributed by atoms with van der Waals surface area (Å²) >= 11 is 6.77. The van der Waals surface area contributed by atoms with Gasteiger partial charge >= 0.3 is 0 Å². The molecule has 2 aliphatic rings. The zero-order valence-electron chi connectivity index (χ0n) is 15.5. The highest BCUT2D eigenvalue weighted by atomic mass is 35.5. The van der Waals surface area contributed by atoms with Crippen molar-refractivity contribution in [2.24, 2.45) is 22.2 Å². The van der Waals surface area contributed by atoms with Crippen molar-refractivity contribution in [1.29, 1.82) is 0 Å². The van der Waals surface area contributed by atoms with Crippen LogP contribution in [0.5, 0.6) is 0 Å². The summed E-state index contributed by atoms with van der Waals surface area (Å²) in [6.07, 6.45) is 3.12. The molecule has 26 heavy (non-hydrogen) atoms. The Bertz CT molecular complexity index is 788. The third-order valence-corrected chi connectivity index (χ3v) is 7.28. The molecule has 1 amide bonds. The van der Waals surface area contributed by atoms with E-state index in [1.54, 1.807) is 6.07 Å². The van der Waals surface area contributed by atoms with Crippen molar-refractivity contribution in [1.82, 2.24) is 0 Å². The molecule has 138 valence electrons. The lowest BCUT2D eigenvalue weighted by molar-refractivity contribution is -0.105. The highest BCUT2D eigenvalue weighted by Gasteiger charge is 2.59. The number of anilines is 1. The molecule has 5 atom stereocenters. The van der Waals surface area contributed by atoms with Crippen LogP contribution < -0.4 is 5.32 Å². The summed E-state index contributed by atoms with van der Waals surface area (Å²) in [5, 5.41) is 2.50. The van der Waals surface area contributed by atoms with Gasteiger partial charge in [0, 0.05) is 22.3 Å². The summed E-state index contributed by atoms with van der Waals surface area (Å²) in [5.74, 6) is -0.300. The molecular weight excluding hydrogens is 348 g/mol. The first-order valence-corrected chi connectivity index (χ1v) is 9.29. The van der Waals surface area contributed by atoms with Gasteiger partial charge in [-0.2, -0.15) is 0 Å². The molecule has 2 aliphatic carbocycles. The molecule has 4 nitrogen and oxygen atoms in total. The monoisotopic (exact) mass is 372 g/mol. The van der Waals surface area contributed by atoms with Crippen LogP contribution in [0.3, 0.4) is 0 Å². The molecule has 1 saturated carbocycles. The summed E-state index contributed by atoms with van der Waals surface area (Å²) in [4.78, 5) is 29.0. The minimum Gasteiger partial charge on any atom is -0.328 e. The maximum Gasteiger partial charge on any atom is 0.211 e. The summed E-state index contributed by atoms with van der Waals surface area (Å²) in [7, 11) is 0. The highest BCUT2D eigenvalue weighted by molar-refractivity contribution is 6.21. The van der Waals surface area contributed by atoms with Crippen LogP contribution in [0, 0.1) is 17.3 Å². The third-order valence-electron chi connectivity index (χ3n) is 6.63. The van der Waals surface area contributed by atoms with Gasteiger partial charge in [-0.05, 0) is 36.1 Å². The Morgan fingerprint density at radius 2 is 2.04 bits per heavy atom. The van der Waals surface area contributed by atoms with Crippen LogP contribution >= 0.6 is 11.6 Å². The van der Waals surface area contributed by atoms with Crippen LogP contribution in [-0.2, 0) is 10.2 Å². The van der Waals surface area contributed by atoms with Crippen molar-refractivity contribution in [3.05, 3.63) is 42.0 Å². The van der Waals surface area contributed by atoms with Gasteiger partial charge in [0.15, 0.2) is 5.78 Å². The predicted molar refractivity (Wildman–Crippen MR) is 106 cm³/mol. The van der Waals surface area contributed by atoms with Gasteiger partial charge in [0.2, 0.25) is 6.41 Å². The van der Waals surface area contributed by atoms with Gasteiger partial charge in [-0.1, -0.05) is 39.0 Å². The van der Waals surface area contributed by atoms with Crippen LogP contribution in [0.4, 0.5) is 5.69 Å². The maximum absolute atomic E-state index is 13.6. The number of rotatable bonds is 4. The molecular formula is C21H25ClN2O2. The van der Waals surface area contributed by atoms with Gasteiger partial charge in [0.05, 0.1) is 11.7 Å². The summed E-state index contributed by atoms with van der Waals surface area (Å²) in [5.41, 5.74) is 1.28. The first kappa shape index (κ1) is 18.8. The van der Waals surface area contributed by atoms with E-state index in [2.05, 4.69) is 37.5 Å². The van der Waals surface area contributed by atoms with Crippen LogP contribution in [0.15, 0.2) is 35.8 Å². The molecule has 0 radical (unpaired) electrons. The van der Waals surface area contributed by atoms with Crippen molar-refractivity contribution < 1.29 is 9.59 Å². The maximum atomic E-state index is 13.6. The van der Waals surface area contributed by atoms with Gasteiger partial charge in [-0.15, -0.1) is 18.2 Å². The van der Waals surface area contributed by atoms with Crippen LogP contribution in [-0.4, -0.2) is 30.3 Å². The molecule has 1 aromatic rings.